The lowest BCUT2D eigenvalue weighted by atomic mass is 9.94. The maximum absolute atomic E-state index is 10.6. The summed E-state index contributed by atoms with van der Waals surface area (Å²) in [6.07, 6.45) is -0.786. The smallest absolute Gasteiger partial charge is 0.203 e. The van der Waals surface area contributed by atoms with E-state index in [4.69, 9.17) is 23.7 Å². The summed E-state index contributed by atoms with van der Waals surface area (Å²) in [4.78, 5) is 0. The number of aliphatic hydroxyl groups is 1. The third-order valence-electron chi connectivity index (χ3n) is 4.34. The minimum atomic E-state index is -0.691. The molecule has 0 saturated heterocycles. The summed E-state index contributed by atoms with van der Waals surface area (Å²) in [7, 11) is 6.30. The van der Waals surface area contributed by atoms with Crippen molar-refractivity contribution in [3.8, 4) is 28.7 Å². The molecule has 1 aliphatic rings. The summed E-state index contributed by atoms with van der Waals surface area (Å²) in [6, 6.07) is 9.15. The lowest BCUT2D eigenvalue weighted by Crippen LogP contribution is -2.30. The Labute approximate surface area is 146 Å². The zero-order valence-electron chi connectivity index (χ0n) is 14.7. The lowest BCUT2D eigenvalue weighted by molar-refractivity contribution is 0.0186. The number of rotatable bonds is 5. The number of ether oxygens (including phenoxy) is 5. The molecule has 3 rings (SSSR count). The van der Waals surface area contributed by atoms with Gasteiger partial charge < -0.3 is 28.8 Å². The molecule has 2 aromatic rings. The molecule has 0 amide bonds. The number of fused-ring (bicyclic) bond motifs is 1. The highest BCUT2D eigenvalue weighted by atomic mass is 16.5. The molecular weight excluding hydrogens is 324 g/mol. The zero-order chi connectivity index (χ0) is 18.0. The van der Waals surface area contributed by atoms with Crippen LogP contribution in [0.2, 0.25) is 0 Å². The van der Waals surface area contributed by atoms with Gasteiger partial charge in [-0.3, -0.25) is 0 Å². The molecule has 0 spiro atoms. The molecule has 0 unspecified atom stereocenters. The quantitative estimate of drug-likeness (QED) is 0.898. The highest BCUT2D eigenvalue weighted by Gasteiger charge is 2.33. The summed E-state index contributed by atoms with van der Waals surface area (Å²) in [5, 5.41) is 10.6. The summed E-state index contributed by atoms with van der Waals surface area (Å²) in [5.41, 5.74) is 1.67. The van der Waals surface area contributed by atoms with Crippen molar-refractivity contribution in [2.24, 2.45) is 0 Å². The molecule has 0 saturated carbocycles. The molecule has 6 nitrogen and oxygen atoms in total. The minimum Gasteiger partial charge on any atom is -0.493 e. The summed E-state index contributed by atoms with van der Waals surface area (Å²) < 4.78 is 27.5. The number of methoxy groups -OCH3 is 4. The molecule has 0 bridgehead atoms. The van der Waals surface area contributed by atoms with Gasteiger partial charge in [0.05, 0.1) is 34.5 Å². The van der Waals surface area contributed by atoms with Crippen LogP contribution in [0.5, 0.6) is 28.7 Å². The summed E-state index contributed by atoms with van der Waals surface area (Å²) in [6.45, 7) is 0. The van der Waals surface area contributed by atoms with E-state index in [0.717, 1.165) is 11.1 Å². The number of hydrogen-bond donors (Lipinski definition) is 1. The Morgan fingerprint density at radius 1 is 0.880 bits per heavy atom. The van der Waals surface area contributed by atoms with Gasteiger partial charge in [0.15, 0.2) is 29.1 Å². The second kappa shape index (κ2) is 7.11. The Kier molecular flexibility index (Phi) is 4.90. The SMILES string of the molecule is COc1ccc([C@H]2Oc3c(ccc(OC)c3OC)C[C@@H]2O)cc1OC. The molecule has 1 N–H and O–H groups in total. The van der Waals surface area contributed by atoms with Crippen LogP contribution >= 0.6 is 0 Å². The molecule has 2 atom stereocenters. The highest BCUT2D eigenvalue weighted by molar-refractivity contribution is 5.57. The second-order valence-corrected chi connectivity index (χ2v) is 5.71. The van der Waals surface area contributed by atoms with Crippen molar-refractivity contribution in [1.29, 1.82) is 0 Å². The summed E-state index contributed by atoms with van der Waals surface area (Å²) >= 11 is 0. The molecule has 0 radical (unpaired) electrons. The van der Waals surface area contributed by atoms with E-state index in [1.807, 2.05) is 24.3 Å². The molecule has 0 fully saturated rings. The van der Waals surface area contributed by atoms with Crippen LogP contribution in [0.4, 0.5) is 0 Å². The van der Waals surface area contributed by atoms with E-state index in [1.54, 1.807) is 34.5 Å². The first-order valence-corrected chi connectivity index (χ1v) is 7.93. The van der Waals surface area contributed by atoms with Crippen LogP contribution in [0.25, 0.3) is 0 Å². The normalized spacial score (nSPS) is 18.8. The van der Waals surface area contributed by atoms with Gasteiger partial charge in [-0.15, -0.1) is 0 Å². The van der Waals surface area contributed by atoms with E-state index in [-0.39, 0.29) is 0 Å². The van der Waals surface area contributed by atoms with Crippen LogP contribution in [0.1, 0.15) is 17.2 Å². The lowest BCUT2D eigenvalue weighted by Gasteiger charge is -2.32. The van der Waals surface area contributed by atoms with Gasteiger partial charge in [0, 0.05) is 12.0 Å². The maximum Gasteiger partial charge on any atom is 0.203 e. The Bertz CT molecular complexity index is 758. The van der Waals surface area contributed by atoms with Crippen molar-refractivity contribution in [3.63, 3.8) is 0 Å². The van der Waals surface area contributed by atoms with Gasteiger partial charge in [-0.05, 0) is 23.8 Å². The van der Waals surface area contributed by atoms with Crippen LogP contribution in [-0.2, 0) is 6.42 Å². The van der Waals surface area contributed by atoms with E-state index in [9.17, 15) is 5.11 Å². The van der Waals surface area contributed by atoms with Gasteiger partial charge in [-0.1, -0.05) is 12.1 Å². The van der Waals surface area contributed by atoms with Crippen LogP contribution in [0, 0.1) is 0 Å². The molecule has 134 valence electrons. The van der Waals surface area contributed by atoms with E-state index in [1.165, 1.54) is 0 Å². The van der Waals surface area contributed by atoms with E-state index >= 15 is 0 Å². The average molecular weight is 346 g/mol. The van der Waals surface area contributed by atoms with E-state index in [2.05, 4.69) is 0 Å². The largest absolute Gasteiger partial charge is 0.493 e. The monoisotopic (exact) mass is 346 g/mol. The first kappa shape index (κ1) is 17.2. The standard InChI is InChI=1S/C19H22O6/c1-21-14-7-5-12(10-16(14)23-3)17-13(20)9-11-6-8-15(22-2)19(24-4)18(11)25-17/h5-8,10,13,17,20H,9H2,1-4H3/t13-,17+/m0/s1. The maximum atomic E-state index is 10.6. The van der Waals surface area contributed by atoms with Crippen LogP contribution in [0.3, 0.4) is 0 Å². The molecule has 0 aliphatic carbocycles. The average Bonchev–Trinajstić information content (AvgIpc) is 2.65. The molecular formula is C19H22O6. The predicted molar refractivity (Wildman–Crippen MR) is 92.2 cm³/mol. The molecule has 0 aromatic heterocycles. The molecule has 25 heavy (non-hydrogen) atoms. The fourth-order valence-corrected chi connectivity index (χ4v) is 3.09. The highest BCUT2D eigenvalue weighted by Crippen LogP contribution is 2.46. The minimum absolute atomic E-state index is 0.453. The first-order chi connectivity index (χ1) is 12.1. The van der Waals surface area contributed by atoms with Crippen molar-refractivity contribution in [1.82, 2.24) is 0 Å². The van der Waals surface area contributed by atoms with Crippen molar-refractivity contribution in [2.45, 2.75) is 18.6 Å². The van der Waals surface area contributed by atoms with Crippen molar-refractivity contribution >= 4 is 0 Å². The van der Waals surface area contributed by atoms with Crippen LogP contribution in [-0.4, -0.2) is 39.6 Å². The molecule has 1 heterocycles. The first-order valence-electron chi connectivity index (χ1n) is 7.93. The Morgan fingerprint density at radius 2 is 1.56 bits per heavy atom. The van der Waals surface area contributed by atoms with Gasteiger partial charge in [-0.2, -0.15) is 0 Å². The molecule has 2 aromatic carbocycles. The van der Waals surface area contributed by atoms with Crippen LogP contribution < -0.4 is 23.7 Å². The van der Waals surface area contributed by atoms with Crippen molar-refractivity contribution < 1.29 is 28.8 Å². The number of hydrogen-bond acceptors (Lipinski definition) is 6. The van der Waals surface area contributed by atoms with E-state index < -0.39 is 12.2 Å². The second-order valence-electron chi connectivity index (χ2n) is 5.71. The summed E-state index contributed by atoms with van der Waals surface area (Å²) in [5.74, 6) is 2.91. The van der Waals surface area contributed by atoms with Gasteiger partial charge >= 0.3 is 0 Å². The zero-order valence-corrected chi connectivity index (χ0v) is 14.7. The van der Waals surface area contributed by atoms with Crippen molar-refractivity contribution in [2.75, 3.05) is 28.4 Å². The van der Waals surface area contributed by atoms with Gasteiger partial charge in [0.25, 0.3) is 0 Å². The Hall–Kier alpha value is -2.60. The van der Waals surface area contributed by atoms with E-state index in [0.29, 0.717) is 35.2 Å². The Morgan fingerprint density at radius 3 is 2.20 bits per heavy atom. The predicted octanol–water partition coefficient (Wildman–Crippen LogP) is 2.76. The van der Waals surface area contributed by atoms with Gasteiger partial charge in [0.1, 0.15) is 0 Å². The van der Waals surface area contributed by atoms with Gasteiger partial charge in [-0.25, -0.2) is 0 Å². The Balaban J connectivity index is 2.01. The topological polar surface area (TPSA) is 66.4 Å². The molecule has 1 aliphatic heterocycles. The van der Waals surface area contributed by atoms with Crippen molar-refractivity contribution in [3.05, 3.63) is 41.5 Å². The molecule has 6 heteroatoms. The third-order valence-corrected chi connectivity index (χ3v) is 4.34. The number of aliphatic hydroxyl groups excluding tert-OH is 1. The van der Waals surface area contributed by atoms with Gasteiger partial charge in [0.2, 0.25) is 5.75 Å². The third kappa shape index (κ3) is 3.05. The number of benzene rings is 2. The fraction of sp³-hybridized carbons (Fsp3) is 0.368. The van der Waals surface area contributed by atoms with Crippen LogP contribution in [0.15, 0.2) is 30.3 Å². The fourth-order valence-electron chi connectivity index (χ4n) is 3.09.